The van der Waals surface area contributed by atoms with E-state index in [1.165, 1.54) is 17.6 Å². The fraction of sp³-hybridized carbons (Fsp3) is 0.389. The molecule has 5 nitrogen and oxygen atoms in total. The van der Waals surface area contributed by atoms with Crippen molar-refractivity contribution in [3.8, 4) is 0 Å². The van der Waals surface area contributed by atoms with E-state index in [0.717, 1.165) is 31.7 Å². The largest absolute Gasteiger partial charge is 0.368 e. The second-order valence-corrected chi connectivity index (χ2v) is 5.95. The number of carbonyl (C=O) groups excluding carboxylic acids is 1. The van der Waals surface area contributed by atoms with E-state index in [0.29, 0.717) is 12.8 Å². The highest BCUT2D eigenvalue weighted by molar-refractivity contribution is 5.76. The molecular weight excluding hydrogens is 288 g/mol. The maximum absolute atomic E-state index is 12.3. The van der Waals surface area contributed by atoms with Crippen LogP contribution in [0.4, 0.5) is 5.69 Å². The molecule has 1 aliphatic rings. The number of hydrogen-bond acceptors (Lipinski definition) is 4. The summed E-state index contributed by atoms with van der Waals surface area (Å²) in [5.74, 6) is 0.220. The summed E-state index contributed by atoms with van der Waals surface area (Å²) in [4.78, 5) is 24.6. The summed E-state index contributed by atoms with van der Waals surface area (Å²) in [6.45, 7) is 5.47. The lowest BCUT2D eigenvalue weighted by molar-refractivity contribution is -0.131. The minimum absolute atomic E-state index is 0.220. The molecule has 1 saturated heterocycles. The molecule has 120 valence electrons. The van der Waals surface area contributed by atoms with Gasteiger partial charge in [0.05, 0.1) is 0 Å². The molecule has 1 amide bonds. The molecule has 0 aliphatic carbocycles. The number of aromatic nitrogens is 2. The Hall–Kier alpha value is -2.43. The first kappa shape index (κ1) is 15.5. The molecule has 0 saturated carbocycles. The van der Waals surface area contributed by atoms with Crippen LogP contribution in [0.3, 0.4) is 0 Å². The number of rotatable bonds is 4. The summed E-state index contributed by atoms with van der Waals surface area (Å²) < 4.78 is 0. The van der Waals surface area contributed by atoms with E-state index in [2.05, 4.69) is 46.1 Å². The number of anilines is 1. The number of carbonyl (C=O) groups is 1. The van der Waals surface area contributed by atoms with Gasteiger partial charge in [-0.2, -0.15) is 0 Å². The Morgan fingerprint density at radius 3 is 2.57 bits per heavy atom. The van der Waals surface area contributed by atoms with Crippen LogP contribution in [-0.2, 0) is 11.2 Å². The lowest BCUT2D eigenvalue weighted by atomic mass is 10.1. The Morgan fingerprint density at radius 1 is 1.13 bits per heavy atom. The predicted octanol–water partition coefficient (Wildman–Crippen LogP) is 2.07. The van der Waals surface area contributed by atoms with Crippen molar-refractivity contribution in [2.75, 3.05) is 31.1 Å². The Bertz CT molecular complexity index is 651. The number of amides is 1. The predicted molar refractivity (Wildman–Crippen MR) is 90.3 cm³/mol. The summed E-state index contributed by atoms with van der Waals surface area (Å²) in [5.41, 5.74) is 3.53. The Balaban J connectivity index is 1.49. The van der Waals surface area contributed by atoms with Gasteiger partial charge < -0.3 is 9.80 Å². The SMILES string of the molecule is Cc1cccc(N2CCN(C(=O)CCc3cncnc3)CC2)c1. The molecule has 0 N–H and O–H groups in total. The van der Waals surface area contributed by atoms with Gasteiger partial charge in [0.25, 0.3) is 0 Å². The monoisotopic (exact) mass is 310 g/mol. The summed E-state index contributed by atoms with van der Waals surface area (Å²) in [7, 11) is 0. The summed E-state index contributed by atoms with van der Waals surface area (Å²) in [6, 6.07) is 8.54. The zero-order chi connectivity index (χ0) is 16.1. The van der Waals surface area contributed by atoms with Gasteiger partial charge in [-0.15, -0.1) is 0 Å². The zero-order valence-electron chi connectivity index (χ0n) is 13.5. The summed E-state index contributed by atoms with van der Waals surface area (Å²) in [6.07, 6.45) is 6.29. The van der Waals surface area contributed by atoms with Crippen LogP contribution < -0.4 is 4.90 Å². The van der Waals surface area contributed by atoms with Gasteiger partial charge in [-0.1, -0.05) is 12.1 Å². The van der Waals surface area contributed by atoms with Crippen LogP contribution >= 0.6 is 0 Å². The molecule has 1 fully saturated rings. The normalized spacial score (nSPS) is 14.8. The lowest BCUT2D eigenvalue weighted by Gasteiger charge is -2.36. The van der Waals surface area contributed by atoms with Crippen LogP contribution in [0.25, 0.3) is 0 Å². The van der Waals surface area contributed by atoms with Crippen molar-refractivity contribution in [3.05, 3.63) is 54.1 Å². The highest BCUT2D eigenvalue weighted by Gasteiger charge is 2.21. The van der Waals surface area contributed by atoms with Crippen molar-refractivity contribution in [2.24, 2.45) is 0 Å². The smallest absolute Gasteiger partial charge is 0.223 e. The Morgan fingerprint density at radius 2 is 1.87 bits per heavy atom. The first-order valence-electron chi connectivity index (χ1n) is 8.05. The van der Waals surface area contributed by atoms with Crippen molar-refractivity contribution >= 4 is 11.6 Å². The first-order chi connectivity index (χ1) is 11.2. The highest BCUT2D eigenvalue weighted by Crippen LogP contribution is 2.18. The standard InChI is InChI=1S/C18H22N4O/c1-15-3-2-4-17(11-15)21-7-9-22(10-8-21)18(23)6-5-16-12-19-14-20-13-16/h2-4,11-14H,5-10H2,1H3. The molecule has 1 aromatic heterocycles. The van der Waals surface area contributed by atoms with Crippen LogP contribution in [0, 0.1) is 6.92 Å². The molecule has 2 heterocycles. The molecule has 0 spiro atoms. The van der Waals surface area contributed by atoms with E-state index in [1.54, 1.807) is 12.4 Å². The third-order valence-corrected chi connectivity index (χ3v) is 4.24. The minimum Gasteiger partial charge on any atom is -0.368 e. The molecule has 3 rings (SSSR count). The van der Waals surface area contributed by atoms with E-state index in [4.69, 9.17) is 0 Å². The average molecular weight is 310 g/mol. The topological polar surface area (TPSA) is 49.3 Å². The average Bonchev–Trinajstić information content (AvgIpc) is 2.61. The van der Waals surface area contributed by atoms with Gasteiger partial charge in [-0.3, -0.25) is 4.79 Å². The van der Waals surface area contributed by atoms with Gasteiger partial charge in [-0.05, 0) is 36.6 Å². The number of benzene rings is 1. The summed E-state index contributed by atoms with van der Waals surface area (Å²) in [5, 5.41) is 0. The Kier molecular flexibility index (Phi) is 4.86. The molecule has 0 unspecified atom stereocenters. The maximum atomic E-state index is 12.3. The third-order valence-electron chi connectivity index (χ3n) is 4.24. The van der Waals surface area contributed by atoms with Crippen LogP contribution in [0.5, 0.6) is 0 Å². The Labute approximate surface area is 137 Å². The van der Waals surface area contributed by atoms with Gasteiger partial charge in [0.1, 0.15) is 6.33 Å². The van der Waals surface area contributed by atoms with Crippen molar-refractivity contribution in [1.29, 1.82) is 0 Å². The van der Waals surface area contributed by atoms with Crippen LogP contribution in [-0.4, -0.2) is 47.0 Å². The second kappa shape index (κ2) is 7.22. The van der Waals surface area contributed by atoms with E-state index < -0.39 is 0 Å². The number of piperazine rings is 1. The van der Waals surface area contributed by atoms with Gasteiger partial charge in [-0.25, -0.2) is 9.97 Å². The van der Waals surface area contributed by atoms with Crippen LogP contribution in [0.15, 0.2) is 43.0 Å². The molecule has 23 heavy (non-hydrogen) atoms. The van der Waals surface area contributed by atoms with E-state index in [1.807, 2.05) is 4.90 Å². The highest BCUT2D eigenvalue weighted by atomic mass is 16.2. The fourth-order valence-electron chi connectivity index (χ4n) is 2.91. The fourth-order valence-corrected chi connectivity index (χ4v) is 2.91. The van der Waals surface area contributed by atoms with E-state index in [9.17, 15) is 4.79 Å². The molecule has 0 radical (unpaired) electrons. The van der Waals surface area contributed by atoms with Crippen molar-refractivity contribution in [3.63, 3.8) is 0 Å². The molecule has 2 aromatic rings. The molecule has 1 aromatic carbocycles. The first-order valence-corrected chi connectivity index (χ1v) is 8.05. The second-order valence-electron chi connectivity index (χ2n) is 5.95. The number of hydrogen-bond donors (Lipinski definition) is 0. The lowest BCUT2D eigenvalue weighted by Crippen LogP contribution is -2.48. The third kappa shape index (κ3) is 4.06. The van der Waals surface area contributed by atoms with Gasteiger partial charge in [0, 0.05) is 50.7 Å². The van der Waals surface area contributed by atoms with Crippen LogP contribution in [0.1, 0.15) is 17.5 Å². The van der Waals surface area contributed by atoms with Gasteiger partial charge in [0.15, 0.2) is 0 Å². The molecular formula is C18H22N4O. The molecule has 5 heteroatoms. The molecule has 0 bridgehead atoms. The van der Waals surface area contributed by atoms with Gasteiger partial charge >= 0.3 is 0 Å². The van der Waals surface area contributed by atoms with Gasteiger partial charge in [0.2, 0.25) is 5.91 Å². The quantitative estimate of drug-likeness (QED) is 0.867. The van der Waals surface area contributed by atoms with Crippen molar-refractivity contribution in [1.82, 2.24) is 14.9 Å². The number of nitrogens with zero attached hydrogens (tertiary/aromatic N) is 4. The minimum atomic E-state index is 0.220. The van der Waals surface area contributed by atoms with Crippen LogP contribution in [0.2, 0.25) is 0 Å². The molecule has 0 atom stereocenters. The summed E-state index contributed by atoms with van der Waals surface area (Å²) >= 11 is 0. The maximum Gasteiger partial charge on any atom is 0.223 e. The van der Waals surface area contributed by atoms with E-state index >= 15 is 0 Å². The zero-order valence-corrected chi connectivity index (χ0v) is 13.5. The van der Waals surface area contributed by atoms with Crippen molar-refractivity contribution < 1.29 is 4.79 Å². The molecule has 1 aliphatic heterocycles. The van der Waals surface area contributed by atoms with E-state index in [-0.39, 0.29) is 5.91 Å². The number of aryl methyl sites for hydroxylation is 2. The van der Waals surface area contributed by atoms with Crippen molar-refractivity contribution in [2.45, 2.75) is 19.8 Å².